The topological polar surface area (TPSA) is 82.8 Å². The van der Waals surface area contributed by atoms with E-state index in [9.17, 15) is 14.4 Å². The van der Waals surface area contributed by atoms with Crippen LogP contribution in [0, 0.1) is 0 Å². The Bertz CT molecular complexity index is 1260. The van der Waals surface area contributed by atoms with Crippen molar-refractivity contribution >= 4 is 22.7 Å². The van der Waals surface area contributed by atoms with E-state index in [2.05, 4.69) is 0 Å². The predicted octanol–water partition coefficient (Wildman–Crippen LogP) is 4.01. The second-order valence-electron chi connectivity index (χ2n) is 6.44. The molecular weight excluding hydrogens is 384 g/mol. The van der Waals surface area contributed by atoms with Crippen LogP contribution in [-0.4, -0.2) is 18.4 Å². The molecule has 1 aromatic heterocycles. The Labute approximate surface area is 171 Å². The van der Waals surface area contributed by atoms with E-state index in [-0.39, 0.29) is 18.1 Å². The van der Waals surface area contributed by atoms with Gasteiger partial charge in [-0.3, -0.25) is 4.79 Å². The van der Waals surface area contributed by atoms with Crippen LogP contribution in [0.4, 0.5) is 0 Å². The van der Waals surface area contributed by atoms with Gasteiger partial charge in [-0.15, -0.1) is 0 Å². The third-order valence-corrected chi connectivity index (χ3v) is 4.34. The third kappa shape index (κ3) is 4.44. The monoisotopic (exact) mass is 400 g/mol. The van der Waals surface area contributed by atoms with Crippen LogP contribution in [-0.2, 0) is 4.79 Å². The van der Waals surface area contributed by atoms with Gasteiger partial charge in [0.2, 0.25) is 0 Å². The minimum Gasteiger partial charge on any atom is -0.482 e. The lowest BCUT2D eigenvalue weighted by Crippen LogP contribution is -2.17. The first-order chi connectivity index (χ1) is 14.6. The minimum atomic E-state index is -0.614. The first-order valence-corrected chi connectivity index (χ1v) is 9.16. The molecule has 0 radical (unpaired) electrons. The van der Waals surface area contributed by atoms with Gasteiger partial charge in [0.25, 0.3) is 0 Å². The molecule has 4 rings (SSSR count). The molecule has 30 heavy (non-hydrogen) atoms. The van der Waals surface area contributed by atoms with Gasteiger partial charge in [-0.05, 0) is 42.5 Å². The number of hydrogen-bond acceptors (Lipinski definition) is 6. The second kappa shape index (κ2) is 8.45. The lowest BCUT2D eigenvalue weighted by molar-refractivity contribution is -0.136. The average Bonchev–Trinajstić information content (AvgIpc) is 2.78. The summed E-state index contributed by atoms with van der Waals surface area (Å²) in [5.41, 5.74) is 0.964. The Morgan fingerprint density at radius 3 is 2.20 bits per heavy atom. The van der Waals surface area contributed by atoms with Crippen LogP contribution in [0.3, 0.4) is 0 Å². The van der Waals surface area contributed by atoms with Crippen LogP contribution in [0.5, 0.6) is 11.5 Å². The highest BCUT2D eigenvalue weighted by Crippen LogP contribution is 2.20. The van der Waals surface area contributed by atoms with E-state index in [0.717, 1.165) is 5.39 Å². The number of ether oxygens (including phenoxy) is 2. The molecule has 0 aliphatic heterocycles. The van der Waals surface area contributed by atoms with Gasteiger partial charge in [-0.2, -0.15) is 0 Å². The maximum absolute atomic E-state index is 12.4. The second-order valence-corrected chi connectivity index (χ2v) is 6.44. The zero-order valence-corrected chi connectivity index (χ0v) is 15.7. The van der Waals surface area contributed by atoms with Gasteiger partial charge in [0.15, 0.2) is 12.4 Å². The standard InChI is InChI=1S/C24H16O6/c25-22-13-9-16-6-12-20(14-21(16)30-22)29-23(26)15-28-19-10-7-18(8-11-19)24(27)17-4-2-1-3-5-17/h1-14H,15H2. The quantitative estimate of drug-likeness (QED) is 0.211. The van der Waals surface area contributed by atoms with Gasteiger partial charge in [0.05, 0.1) is 0 Å². The number of rotatable bonds is 6. The molecule has 0 saturated heterocycles. The molecule has 4 aromatic rings. The summed E-state index contributed by atoms with van der Waals surface area (Å²) in [6, 6.07) is 23.2. The van der Waals surface area contributed by atoms with Gasteiger partial charge in [-0.25, -0.2) is 9.59 Å². The van der Waals surface area contributed by atoms with E-state index < -0.39 is 11.6 Å². The average molecular weight is 400 g/mol. The maximum Gasteiger partial charge on any atom is 0.349 e. The lowest BCUT2D eigenvalue weighted by atomic mass is 10.0. The smallest absolute Gasteiger partial charge is 0.349 e. The van der Waals surface area contributed by atoms with E-state index in [1.807, 2.05) is 6.07 Å². The highest BCUT2D eigenvalue weighted by Gasteiger charge is 2.10. The highest BCUT2D eigenvalue weighted by atomic mass is 16.6. The summed E-state index contributed by atoms with van der Waals surface area (Å²) in [4.78, 5) is 35.8. The van der Waals surface area contributed by atoms with E-state index in [1.54, 1.807) is 66.7 Å². The Balaban J connectivity index is 1.36. The van der Waals surface area contributed by atoms with Crippen LogP contribution in [0.1, 0.15) is 15.9 Å². The van der Waals surface area contributed by atoms with E-state index in [1.165, 1.54) is 12.1 Å². The molecule has 0 bridgehead atoms. The molecular formula is C24H16O6. The van der Waals surface area contributed by atoms with Crippen LogP contribution in [0.2, 0.25) is 0 Å². The number of carbonyl (C=O) groups excluding carboxylic acids is 2. The maximum atomic E-state index is 12.4. The first-order valence-electron chi connectivity index (χ1n) is 9.16. The Morgan fingerprint density at radius 1 is 0.767 bits per heavy atom. The van der Waals surface area contributed by atoms with Gasteiger partial charge in [0.1, 0.15) is 17.1 Å². The van der Waals surface area contributed by atoms with Crippen LogP contribution >= 0.6 is 0 Å². The zero-order valence-electron chi connectivity index (χ0n) is 15.7. The summed E-state index contributed by atoms with van der Waals surface area (Å²) in [5, 5.41) is 0.718. The third-order valence-electron chi connectivity index (χ3n) is 4.34. The van der Waals surface area contributed by atoms with Crippen LogP contribution in [0.25, 0.3) is 11.0 Å². The Kier molecular flexibility index (Phi) is 5.39. The molecule has 0 fully saturated rings. The van der Waals surface area contributed by atoms with E-state index in [4.69, 9.17) is 13.9 Å². The molecule has 0 spiro atoms. The Morgan fingerprint density at radius 2 is 1.43 bits per heavy atom. The van der Waals surface area contributed by atoms with Gasteiger partial charge < -0.3 is 13.9 Å². The van der Waals surface area contributed by atoms with Crippen molar-refractivity contribution in [2.45, 2.75) is 0 Å². The largest absolute Gasteiger partial charge is 0.482 e. The van der Waals surface area contributed by atoms with Crippen molar-refractivity contribution in [3.63, 3.8) is 0 Å². The Hall–Kier alpha value is -4.19. The molecule has 0 aliphatic rings. The van der Waals surface area contributed by atoms with Crippen molar-refractivity contribution in [1.82, 2.24) is 0 Å². The summed E-state index contributed by atoms with van der Waals surface area (Å²) >= 11 is 0. The number of ketones is 1. The van der Waals surface area contributed by atoms with Crippen molar-refractivity contribution in [3.05, 3.63) is 106 Å². The number of esters is 1. The summed E-state index contributed by atoms with van der Waals surface area (Å²) < 4.78 is 15.7. The molecule has 3 aromatic carbocycles. The van der Waals surface area contributed by atoms with Crippen molar-refractivity contribution in [1.29, 1.82) is 0 Å². The van der Waals surface area contributed by atoms with E-state index in [0.29, 0.717) is 22.5 Å². The zero-order chi connectivity index (χ0) is 20.9. The molecule has 148 valence electrons. The molecule has 6 heteroatoms. The van der Waals surface area contributed by atoms with Crippen LogP contribution < -0.4 is 15.1 Å². The fourth-order valence-corrected chi connectivity index (χ4v) is 2.87. The number of carbonyl (C=O) groups is 2. The predicted molar refractivity (Wildman–Crippen MR) is 110 cm³/mol. The van der Waals surface area contributed by atoms with Crippen molar-refractivity contribution in [3.8, 4) is 11.5 Å². The SMILES string of the molecule is O=C(COc1ccc(C(=O)c2ccccc2)cc1)Oc1ccc2ccc(=O)oc2c1. The van der Waals surface area contributed by atoms with Gasteiger partial charge >= 0.3 is 11.6 Å². The fraction of sp³-hybridized carbons (Fsp3) is 0.0417. The van der Waals surface area contributed by atoms with Crippen molar-refractivity contribution < 1.29 is 23.5 Å². The lowest BCUT2D eigenvalue weighted by Gasteiger charge is -2.08. The summed E-state index contributed by atoms with van der Waals surface area (Å²) in [5.74, 6) is -0.0306. The number of fused-ring (bicyclic) bond motifs is 1. The van der Waals surface area contributed by atoms with Gasteiger partial charge in [-0.1, -0.05) is 30.3 Å². The summed E-state index contributed by atoms with van der Waals surface area (Å²) in [6.45, 7) is -0.317. The molecule has 0 unspecified atom stereocenters. The van der Waals surface area contributed by atoms with Crippen molar-refractivity contribution in [2.24, 2.45) is 0 Å². The fourth-order valence-electron chi connectivity index (χ4n) is 2.87. The van der Waals surface area contributed by atoms with Crippen molar-refractivity contribution in [2.75, 3.05) is 6.61 Å². The molecule has 0 N–H and O–H groups in total. The first kappa shape index (κ1) is 19.1. The molecule has 0 atom stereocenters. The summed E-state index contributed by atoms with van der Waals surface area (Å²) in [7, 11) is 0. The van der Waals surface area contributed by atoms with Gasteiger partial charge in [0, 0.05) is 28.6 Å². The molecule has 1 heterocycles. The molecule has 0 aliphatic carbocycles. The molecule has 0 saturated carbocycles. The van der Waals surface area contributed by atoms with Crippen LogP contribution in [0.15, 0.2) is 94.1 Å². The van der Waals surface area contributed by atoms with E-state index >= 15 is 0 Å². The highest BCUT2D eigenvalue weighted by molar-refractivity contribution is 6.09. The normalized spacial score (nSPS) is 10.5. The number of benzene rings is 3. The molecule has 0 amide bonds. The molecule has 6 nitrogen and oxygen atoms in total. The minimum absolute atomic E-state index is 0.0930. The summed E-state index contributed by atoms with van der Waals surface area (Å²) in [6.07, 6.45) is 0. The number of hydrogen-bond donors (Lipinski definition) is 0.